The molecule has 0 aromatic heterocycles. The highest BCUT2D eigenvalue weighted by Gasteiger charge is 2.59. The minimum atomic E-state index is -0.00546. The van der Waals surface area contributed by atoms with Crippen LogP contribution in [-0.4, -0.2) is 37.6 Å². The van der Waals surface area contributed by atoms with Gasteiger partial charge in [-0.25, -0.2) is 0 Å². The Morgan fingerprint density at radius 3 is 2.23 bits per heavy atom. The second-order valence-electron chi connectivity index (χ2n) is 8.70. The summed E-state index contributed by atoms with van der Waals surface area (Å²) in [5.41, 5.74) is 6.26. The summed E-state index contributed by atoms with van der Waals surface area (Å²) in [7, 11) is 3.36. The first-order chi connectivity index (χ1) is 15.2. The Morgan fingerprint density at radius 1 is 0.806 bits per heavy atom. The average molecular weight is 412 g/mol. The Kier molecular flexibility index (Phi) is 4.10. The van der Waals surface area contributed by atoms with E-state index in [0.717, 1.165) is 24.5 Å². The summed E-state index contributed by atoms with van der Waals surface area (Å²) in [5.74, 6) is 2.08. The SMILES string of the molecule is COc1cc2c(cc1OC)[C@@H](c1ccccc1)[C@H]1C3c4ccccc4C3C(=O)N1CC2. The van der Waals surface area contributed by atoms with Crippen LogP contribution < -0.4 is 9.47 Å². The summed E-state index contributed by atoms with van der Waals surface area (Å²) in [6.07, 6.45) is 0.817. The molecule has 1 amide bonds. The van der Waals surface area contributed by atoms with Gasteiger partial charge in [-0.2, -0.15) is 0 Å². The van der Waals surface area contributed by atoms with E-state index in [0.29, 0.717) is 0 Å². The highest BCUT2D eigenvalue weighted by Crippen LogP contribution is 2.60. The number of benzene rings is 3. The van der Waals surface area contributed by atoms with Gasteiger partial charge in [0.05, 0.1) is 26.2 Å². The Hall–Kier alpha value is -3.27. The lowest BCUT2D eigenvalue weighted by molar-refractivity contribution is -0.130. The zero-order chi connectivity index (χ0) is 21.1. The van der Waals surface area contributed by atoms with E-state index in [1.54, 1.807) is 14.2 Å². The van der Waals surface area contributed by atoms with Crippen molar-refractivity contribution in [2.24, 2.45) is 0 Å². The van der Waals surface area contributed by atoms with E-state index in [9.17, 15) is 4.79 Å². The Balaban J connectivity index is 1.58. The predicted molar refractivity (Wildman–Crippen MR) is 119 cm³/mol. The minimum absolute atomic E-state index is 0.00546. The maximum absolute atomic E-state index is 13.6. The smallest absolute Gasteiger partial charge is 0.231 e. The van der Waals surface area contributed by atoms with Gasteiger partial charge in [-0.05, 0) is 46.4 Å². The fourth-order valence-corrected chi connectivity index (χ4v) is 6.11. The largest absolute Gasteiger partial charge is 0.493 e. The van der Waals surface area contributed by atoms with Crippen LogP contribution in [0.3, 0.4) is 0 Å². The lowest BCUT2D eigenvalue weighted by Crippen LogP contribution is -2.39. The molecular weight excluding hydrogens is 386 g/mol. The quantitative estimate of drug-likeness (QED) is 0.638. The molecule has 0 saturated carbocycles. The maximum atomic E-state index is 13.6. The van der Waals surface area contributed by atoms with Crippen molar-refractivity contribution in [2.45, 2.75) is 30.2 Å². The van der Waals surface area contributed by atoms with E-state index in [2.05, 4.69) is 65.6 Å². The number of nitrogens with zero attached hydrogens (tertiary/aromatic N) is 1. The van der Waals surface area contributed by atoms with Crippen LogP contribution in [0.25, 0.3) is 0 Å². The van der Waals surface area contributed by atoms with Crippen LogP contribution in [0.2, 0.25) is 0 Å². The molecule has 2 aliphatic heterocycles. The van der Waals surface area contributed by atoms with Gasteiger partial charge in [0, 0.05) is 18.4 Å². The normalized spacial score (nSPS) is 25.5. The van der Waals surface area contributed by atoms with E-state index in [1.165, 1.54) is 27.8 Å². The molecule has 0 N–H and O–H groups in total. The second-order valence-corrected chi connectivity index (χ2v) is 8.70. The van der Waals surface area contributed by atoms with Gasteiger partial charge in [0.15, 0.2) is 11.5 Å². The van der Waals surface area contributed by atoms with E-state index in [4.69, 9.17) is 9.47 Å². The van der Waals surface area contributed by atoms with E-state index < -0.39 is 0 Å². The van der Waals surface area contributed by atoms with Crippen LogP contribution in [0.1, 0.15) is 45.6 Å². The zero-order valence-corrected chi connectivity index (χ0v) is 17.7. The Morgan fingerprint density at radius 2 is 1.48 bits per heavy atom. The molecule has 0 bridgehead atoms. The predicted octanol–water partition coefficient (Wildman–Crippen LogP) is 4.48. The summed E-state index contributed by atoms with van der Waals surface area (Å²) < 4.78 is 11.3. The van der Waals surface area contributed by atoms with Crippen molar-refractivity contribution >= 4 is 5.91 Å². The second kappa shape index (κ2) is 6.88. The summed E-state index contributed by atoms with van der Waals surface area (Å²) in [5, 5.41) is 0. The van der Waals surface area contributed by atoms with E-state index in [1.807, 2.05) is 6.07 Å². The third-order valence-corrected chi connectivity index (χ3v) is 7.43. The molecule has 2 unspecified atom stereocenters. The zero-order valence-electron chi connectivity index (χ0n) is 17.7. The number of fused-ring (bicyclic) bond motifs is 7. The van der Waals surface area contributed by atoms with Crippen molar-refractivity contribution in [1.82, 2.24) is 4.90 Å². The fraction of sp³-hybridized carbons (Fsp3) is 0.296. The van der Waals surface area contributed by atoms with Crippen LogP contribution >= 0.6 is 0 Å². The van der Waals surface area contributed by atoms with Crippen molar-refractivity contribution in [3.05, 3.63) is 94.5 Å². The molecule has 156 valence electrons. The third-order valence-electron chi connectivity index (χ3n) is 7.43. The van der Waals surface area contributed by atoms with Gasteiger partial charge in [0.1, 0.15) is 0 Å². The highest BCUT2D eigenvalue weighted by molar-refractivity contribution is 5.92. The summed E-state index contributed by atoms with van der Waals surface area (Å²) >= 11 is 0. The number of hydrogen-bond acceptors (Lipinski definition) is 3. The van der Waals surface area contributed by atoms with Crippen LogP contribution in [0.4, 0.5) is 0 Å². The first kappa shape index (κ1) is 18.5. The average Bonchev–Trinajstić information content (AvgIpc) is 2.93. The highest BCUT2D eigenvalue weighted by atomic mass is 16.5. The van der Waals surface area contributed by atoms with Gasteiger partial charge >= 0.3 is 0 Å². The molecular formula is C27H25NO3. The molecule has 1 saturated heterocycles. The Bertz CT molecular complexity index is 1170. The topological polar surface area (TPSA) is 38.8 Å². The standard InChI is InChI=1S/C27H25NO3/c1-30-21-14-17-12-13-28-26(24-18-10-6-7-11-19(18)25(24)27(28)29)23(16-8-4-3-5-9-16)20(17)15-22(21)31-2/h3-11,14-15,23-26H,12-13H2,1-2H3/t23-,24?,25?,26+/m1/s1. The van der Waals surface area contributed by atoms with Crippen LogP contribution in [0, 0.1) is 0 Å². The number of rotatable bonds is 3. The molecule has 4 heteroatoms. The van der Waals surface area contributed by atoms with Gasteiger partial charge in [0.2, 0.25) is 5.91 Å². The lowest BCUT2D eigenvalue weighted by atomic mass is 9.63. The monoisotopic (exact) mass is 411 g/mol. The molecule has 6 rings (SSSR count). The van der Waals surface area contributed by atoms with Crippen LogP contribution in [0.5, 0.6) is 11.5 Å². The summed E-state index contributed by atoms with van der Waals surface area (Å²) in [4.78, 5) is 15.7. The first-order valence-electron chi connectivity index (χ1n) is 10.9. The molecule has 4 atom stereocenters. The maximum Gasteiger partial charge on any atom is 0.231 e. The van der Waals surface area contributed by atoms with Gasteiger partial charge < -0.3 is 14.4 Å². The molecule has 3 aromatic carbocycles. The molecule has 3 aromatic rings. The van der Waals surface area contributed by atoms with Crippen LogP contribution in [-0.2, 0) is 11.2 Å². The third kappa shape index (κ3) is 2.51. The summed E-state index contributed by atoms with van der Waals surface area (Å²) in [6.45, 7) is 0.732. The van der Waals surface area contributed by atoms with Gasteiger partial charge in [0.25, 0.3) is 0 Å². The van der Waals surface area contributed by atoms with Crippen molar-refractivity contribution in [2.75, 3.05) is 20.8 Å². The molecule has 0 spiro atoms. The lowest BCUT2D eigenvalue weighted by Gasteiger charge is -2.39. The number of carbonyl (C=O) groups excluding carboxylic acids is 1. The number of amides is 1. The van der Waals surface area contributed by atoms with Gasteiger partial charge in [-0.15, -0.1) is 0 Å². The summed E-state index contributed by atoms with van der Waals surface area (Å²) in [6, 6.07) is 23.4. The number of carbonyl (C=O) groups is 1. The Labute approximate surface area is 182 Å². The fourth-order valence-electron chi connectivity index (χ4n) is 6.11. The van der Waals surface area contributed by atoms with Gasteiger partial charge in [-0.1, -0.05) is 54.6 Å². The number of methoxy groups -OCH3 is 2. The minimum Gasteiger partial charge on any atom is -0.493 e. The molecule has 2 heterocycles. The van der Waals surface area contributed by atoms with E-state index >= 15 is 0 Å². The molecule has 4 nitrogen and oxygen atoms in total. The first-order valence-corrected chi connectivity index (χ1v) is 10.9. The molecule has 1 aliphatic carbocycles. The van der Waals surface area contributed by atoms with Crippen LogP contribution in [0.15, 0.2) is 66.7 Å². The molecule has 0 radical (unpaired) electrons. The van der Waals surface area contributed by atoms with E-state index in [-0.39, 0.29) is 29.7 Å². The van der Waals surface area contributed by atoms with Crippen molar-refractivity contribution in [3.63, 3.8) is 0 Å². The van der Waals surface area contributed by atoms with Crippen molar-refractivity contribution < 1.29 is 14.3 Å². The van der Waals surface area contributed by atoms with Crippen molar-refractivity contribution in [3.8, 4) is 11.5 Å². The molecule has 1 fully saturated rings. The van der Waals surface area contributed by atoms with Crippen molar-refractivity contribution in [1.29, 1.82) is 0 Å². The number of ether oxygens (including phenoxy) is 2. The number of hydrogen-bond donors (Lipinski definition) is 0. The van der Waals surface area contributed by atoms with Gasteiger partial charge in [-0.3, -0.25) is 4.79 Å². The molecule has 31 heavy (non-hydrogen) atoms. The molecule has 3 aliphatic rings.